The highest BCUT2D eigenvalue weighted by Gasteiger charge is 2.17. The van der Waals surface area contributed by atoms with Crippen LogP contribution in [0.2, 0.25) is 0 Å². The summed E-state index contributed by atoms with van der Waals surface area (Å²) in [5, 5.41) is 4.58. The van der Waals surface area contributed by atoms with E-state index in [1.54, 1.807) is 17.5 Å². The number of hydrogen-bond acceptors (Lipinski definition) is 7. The first-order valence-electron chi connectivity index (χ1n) is 6.18. The zero-order valence-electron chi connectivity index (χ0n) is 11.6. The fourth-order valence-corrected chi connectivity index (χ4v) is 3.18. The molecule has 3 N–H and O–H groups in total. The van der Waals surface area contributed by atoms with E-state index >= 15 is 0 Å². The van der Waals surface area contributed by atoms with E-state index in [4.69, 9.17) is 5.73 Å². The third-order valence-electron chi connectivity index (χ3n) is 2.74. The van der Waals surface area contributed by atoms with E-state index in [-0.39, 0.29) is 11.7 Å². The van der Waals surface area contributed by atoms with Crippen molar-refractivity contribution in [2.24, 2.45) is 0 Å². The standard InChI is InChI=1S/C12H17N5OS2/c1-4-17(3)12-16-10(13)9(20-12)11(18)15-6-8-5-14-7(2)19-8/h5H,4,6,13H2,1-3H3,(H,15,18). The van der Waals surface area contributed by atoms with E-state index in [0.717, 1.165) is 21.6 Å². The fourth-order valence-electron chi connectivity index (χ4n) is 1.52. The Morgan fingerprint density at radius 3 is 2.85 bits per heavy atom. The third-order valence-corrected chi connectivity index (χ3v) is 4.84. The van der Waals surface area contributed by atoms with E-state index < -0.39 is 0 Å². The summed E-state index contributed by atoms with van der Waals surface area (Å²) in [6.45, 7) is 5.22. The van der Waals surface area contributed by atoms with Gasteiger partial charge in [-0.25, -0.2) is 9.97 Å². The lowest BCUT2D eigenvalue weighted by Crippen LogP contribution is -2.22. The van der Waals surface area contributed by atoms with Crippen LogP contribution in [0.3, 0.4) is 0 Å². The number of nitrogens with zero attached hydrogens (tertiary/aromatic N) is 3. The van der Waals surface area contributed by atoms with Crippen molar-refractivity contribution in [1.29, 1.82) is 0 Å². The number of carbonyl (C=O) groups is 1. The number of aryl methyl sites for hydroxylation is 1. The summed E-state index contributed by atoms with van der Waals surface area (Å²) in [5.41, 5.74) is 5.81. The van der Waals surface area contributed by atoms with Crippen molar-refractivity contribution in [2.75, 3.05) is 24.2 Å². The zero-order valence-corrected chi connectivity index (χ0v) is 13.3. The Hall–Kier alpha value is -1.67. The van der Waals surface area contributed by atoms with Crippen LogP contribution in [0.15, 0.2) is 6.20 Å². The minimum atomic E-state index is -0.193. The average Bonchev–Trinajstić information content (AvgIpc) is 3.01. The van der Waals surface area contributed by atoms with Gasteiger partial charge in [0.1, 0.15) is 10.7 Å². The molecule has 1 amide bonds. The lowest BCUT2D eigenvalue weighted by molar-refractivity contribution is 0.0956. The Balaban J connectivity index is 2.03. The Kier molecular flexibility index (Phi) is 4.56. The molecule has 108 valence electrons. The molecule has 0 bridgehead atoms. The largest absolute Gasteiger partial charge is 0.382 e. The van der Waals surface area contributed by atoms with Crippen molar-refractivity contribution < 1.29 is 4.79 Å². The molecule has 20 heavy (non-hydrogen) atoms. The van der Waals surface area contributed by atoms with Gasteiger partial charge < -0.3 is 16.0 Å². The molecular weight excluding hydrogens is 294 g/mol. The van der Waals surface area contributed by atoms with Gasteiger partial charge in [0.15, 0.2) is 5.13 Å². The number of nitrogens with one attached hydrogen (secondary N) is 1. The molecule has 6 nitrogen and oxygen atoms in total. The summed E-state index contributed by atoms with van der Waals surface area (Å²) in [4.78, 5) is 23.9. The number of aromatic nitrogens is 2. The monoisotopic (exact) mass is 311 g/mol. The lowest BCUT2D eigenvalue weighted by Gasteiger charge is -2.10. The molecule has 0 radical (unpaired) electrons. The molecule has 2 aromatic heterocycles. The van der Waals surface area contributed by atoms with Crippen LogP contribution in [0, 0.1) is 6.92 Å². The van der Waals surface area contributed by atoms with Crippen molar-refractivity contribution in [3.63, 3.8) is 0 Å². The number of hydrogen-bond donors (Lipinski definition) is 2. The van der Waals surface area contributed by atoms with Gasteiger partial charge in [0.25, 0.3) is 5.91 Å². The number of nitrogens with two attached hydrogens (primary N) is 1. The molecule has 2 rings (SSSR count). The highest BCUT2D eigenvalue weighted by molar-refractivity contribution is 7.18. The number of nitrogen functional groups attached to an aromatic ring is 1. The van der Waals surface area contributed by atoms with E-state index in [1.807, 2.05) is 25.8 Å². The highest BCUT2D eigenvalue weighted by Crippen LogP contribution is 2.27. The first-order chi connectivity index (χ1) is 9.51. The van der Waals surface area contributed by atoms with Gasteiger partial charge in [-0.2, -0.15) is 0 Å². The molecule has 0 saturated carbocycles. The highest BCUT2D eigenvalue weighted by atomic mass is 32.1. The minimum Gasteiger partial charge on any atom is -0.382 e. The molecule has 8 heteroatoms. The molecule has 0 unspecified atom stereocenters. The van der Waals surface area contributed by atoms with Gasteiger partial charge in [-0.05, 0) is 13.8 Å². The molecule has 0 aliphatic heterocycles. The van der Waals surface area contributed by atoms with Gasteiger partial charge in [0.2, 0.25) is 0 Å². The Labute approximate surface area is 125 Å². The van der Waals surface area contributed by atoms with Gasteiger partial charge in [-0.1, -0.05) is 11.3 Å². The number of anilines is 2. The SMILES string of the molecule is CCN(C)c1nc(N)c(C(=O)NCc2cnc(C)s2)s1. The van der Waals surface area contributed by atoms with E-state index in [1.165, 1.54) is 11.3 Å². The van der Waals surface area contributed by atoms with Crippen LogP contribution < -0.4 is 16.0 Å². The Bertz CT molecular complexity index is 607. The van der Waals surface area contributed by atoms with Crippen molar-refractivity contribution in [3.05, 3.63) is 21.0 Å². The number of amides is 1. The molecule has 0 aromatic carbocycles. The van der Waals surface area contributed by atoms with Crippen LogP contribution in [-0.2, 0) is 6.54 Å². The quantitative estimate of drug-likeness (QED) is 0.880. The van der Waals surface area contributed by atoms with Crippen LogP contribution in [0.25, 0.3) is 0 Å². The van der Waals surface area contributed by atoms with Gasteiger partial charge in [0, 0.05) is 24.7 Å². The molecule has 2 aromatic rings. The Morgan fingerprint density at radius 2 is 2.25 bits per heavy atom. The van der Waals surface area contributed by atoms with E-state index in [0.29, 0.717) is 11.4 Å². The molecule has 0 spiro atoms. The smallest absolute Gasteiger partial charge is 0.265 e. The first kappa shape index (κ1) is 14.7. The van der Waals surface area contributed by atoms with Crippen LogP contribution in [-0.4, -0.2) is 29.5 Å². The topological polar surface area (TPSA) is 84.1 Å². The second-order valence-corrected chi connectivity index (χ2v) is 6.55. The van der Waals surface area contributed by atoms with E-state index in [2.05, 4.69) is 15.3 Å². The number of thiazole rings is 2. The molecule has 0 saturated heterocycles. The predicted octanol–water partition coefficient (Wildman–Crippen LogP) is 1.88. The van der Waals surface area contributed by atoms with Crippen molar-refractivity contribution in [3.8, 4) is 0 Å². The summed E-state index contributed by atoms with van der Waals surface area (Å²) < 4.78 is 0. The maximum absolute atomic E-state index is 12.1. The van der Waals surface area contributed by atoms with Crippen molar-refractivity contribution in [1.82, 2.24) is 15.3 Å². The third kappa shape index (κ3) is 3.26. The van der Waals surface area contributed by atoms with Crippen LogP contribution in [0.4, 0.5) is 10.9 Å². The summed E-state index contributed by atoms with van der Waals surface area (Å²) in [7, 11) is 1.92. The van der Waals surface area contributed by atoms with Crippen molar-refractivity contribution >= 4 is 39.5 Å². The van der Waals surface area contributed by atoms with Crippen molar-refractivity contribution in [2.45, 2.75) is 20.4 Å². The number of carbonyl (C=O) groups excluding carboxylic acids is 1. The molecule has 0 fully saturated rings. The predicted molar refractivity (Wildman–Crippen MR) is 83.5 cm³/mol. The van der Waals surface area contributed by atoms with Gasteiger partial charge in [0.05, 0.1) is 11.6 Å². The molecule has 2 heterocycles. The normalized spacial score (nSPS) is 10.6. The fraction of sp³-hybridized carbons (Fsp3) is 0.417. The maximum atomic E-state index is 12.1. The summed E-state index contributed by atoms with van der Waals surface area (Å²) >= 11 is 2.87. The minimum absolute atomic E-state index is 0.193. The second-order valence-electron chi connectivity index (χ2n) is 4.25. The zero-order chi connectivity index (χ0) is 14.7. The van der Waals surface area contributed by atoms with Gasteiger partial charge >= 0.3 is 0 Å². The van der Waals surface area contributed by atoms with Crippen LogP contribution in [0.5, 0.6) is 0 Å². The second kappa shape index (κ2) is 6.19. The van der Waals surface area contributed by atoms with Crippen LogP contribution >= 0.6 is 22.7 Å². The van der Waals surface area contributed by atoms with Gasteiger partial charge in [-0.3, -0.25) is 4.79 Å². The summed E-state index contributed by atoms with van der Waals surface area (Å²) in [6.07, 6.45) is 1.77. The van der Waals surface area contributed by atoms with Gasteiger partial charge in [-0.15, -0.1) is 11.3 Å². The average molecular weight is 311 g/mol. The number of rotatable bonds is 5. The molecule has 0 aliphatic rings. The Morgan fingerprint density at radius 1 is 1.50 bits per heavy atom. The summed E-state index contributed by atoms with van der Waals surface area (Å²) in [6, 6.07) is 0. The first-order valence-corrected chi connectivity index (χ1v) is 7.81. The molecular formula is C12H17N5OS2. The summed E-state index contributed by atoms with van der Waals surface area (Å²) in [5.74, 6) is 0.0880. The molecule has 0 aliphatic carbocycles. The molecule has 0 atom stereocenters. The van der Waals surface area contributed by atoms with Crippen LogP contribution in [0.1, 0.15) is 26.5 Å². The van der Waals surface area contributed by atoms with E-state index in [9.17, 15) is 4.79 Å². The maximum Gasteiger partial charge on any atom is 0.265 e. The lowest BCUT2D eigenvalue weighted by atomic mass is 10.4.